The highest BCUT2D eigenvalue weighted by Gasteiger charge is 2.13. The van der Waals surface area contributed by atoms with Crippen molar-refractivity contribution < 1.29 is 10.0 Å². The second-order valence-electron chi connectivity index (χ2n) is 3.15. The highest BCUT2D eigenvalue weighted by atomic mass is 35.5. The zero-order valence-electron chi connectivity index (χ0n) is 8.11. The van der Waals surface area contributed by atoms with Crippen LogP contribution in [-0.2, 0) is 0 Å². The molecular formula is C9H11ClN2O3. The molecule has 0 aliphatic rings. The highest BCUT2D eigenvalue weighted by molar-refractivity contribution is 6.31. The molecule has 1 aromatic rings. The van der Waals surface area contributed by atoms with E-state index >= 15 is 0 Å². The van der Waals surface area contributed by atoms with Gasteiger partial charge in [0.15, 0.2) is 0 Å². The number of rotatable bonds is 4. The predicted molar refractivity (Wildman–Crippen MR) is 58.3 cm³/mol. The van der Waals surface area contributed by atoms with Crippen LogP contribution in [-0.4, -0.2) is 22.7 Å². The molecule has 0 aliphatic heterocycles. The summed E-state index contributed by atoms with van der Waals surface area (Å²) in [7, 11) is 0. The van der Waals surface area contributed by atoms with Gasteiger partial charge in [-0.1, -0.05) is 11.6 Å². The minimum absolute atomic E-state index is 0.0555. The van der Waals surface area contributed by atoms with Crippen molar-refractivity contribution in [3.63, 3.8) is 0 Å². The number of halogens is 1. The Morgan fingerprint density at radius 1 is 1.67 bits per heavy atom. The molecule has 0 amide bonds. The third kappa shape index (κ3) is 3.38. The minimum Gasteiger partial charge on any atom is -0.392 e. The molecule has 15 heavy (non-hydrogen) atoms. The van der Waals surface area contributed by atoms with Gasteiger partial charge in [-0.2, -0.15) is 0 Å². The molecule has 6 heteroatoms. The van der Waals surface area contributed by atoms with Crippen molar-refractivity contribution >= 4 is 23.0 Å². The largest absolute Gasteiger partial charge is 0.392 e. The van der Waals surface area contributed by atoms with Gasteiger partial charge in [0.2, 0.25) is 0 Å². The second-order valence-corrected chi connectivity index (χ2v) is 3.58. The lowest BCUT2D eigenvalue weighted by molar-refractivity contribution is -0.384. The molecule has 0 aromatic heterocycles. The number of nitro groups is 1. The van der Waals surface area contributed by atoms with Crippen molar-refractivity contribution in [3.8, 4) is 0 Å². The number of benzene rings is 1. The van der Waals surface area contributed by atoms with Gasteiger partial charge in [-0.25, -0.2) is 0 Å². The summed E-state index contributed by atoms with van der Waals surface area (Å²) in [6, 6.07) is 4.24. The molecule has 0 bridgehead atoms. The van der Waals surface area contributed by atoms with Crippen molar-refractivity contribution in [2.24, 2.45) is 0 Å². The lowest BCUT2D eigenvalue weighted by atomic mass is 10.2. The fourth-order valence-corrected chi connectivity index (χ4v) is 1.24. The van der Waals surface area contributed by atoms with Gasteiger partial charge in [0, 0.05) is 17.6 Å². The average Bonchev–Trinajstić information content (AvgIpc) is 2.14. The maximum Gasteiger partial charge on any atom is 0.292 e. The zero-order chi connectivity index (χ0) is 11.4. The van der Waals surface area contributed by atoms with Gasteiger partial charge in [0.25, 0.3) is 5.69 Å². The van der Waals surface area contributed by atoms with E-state index in [1.54, 1.807) is 6.92 Å². The number of nitrogens with one attached hydrogen (secondary N) is 1. The molecule has 0 spiro atoms. The Bertz CT molecular complexity index is 368. The van der Waals surface area contributed by atoms with Crippen LogP contribution in [0.1, 0.15) is 6.92 Å². The summed E-state index contributed by atoms with van der Waals surface area (Å²) in [5.74, 6) is 0. The third-order valence-electron chi connectivity index (χ3n) is 1.74. The van der Waals surface area contributed by atoms with Gasteiger partial charge in [0.05, 0.1) is 11.0 Å². The van der Waals surface area contributed by atoms with Crippen LogP contribution in [0.15, 0.2) is 18.2 Å². The van der Waals surface area contributed by atoms with E-state index in [0.29, 0.717) is 10.7 Å². The van der Waals surface area contributed by atoms with Gasteiger partial charge in [0.1, 0.15) is 5.69 Å². The molecule has 0 radical (unpaired) electrons. The number of hydrogen-bond acceptors (Lipinski definition) is 4. The molecule has 1 aromatic carbocycles. The first-order chi connectivity index (χ1) is 7.00. The Labute approximate surface area is 91.8 Å². The maximum atomic E-state index is 10.6. The van der Waals surface area contributed by atoms with E-state index < -0.39 is 11.0 Å². The van der Waals surface area contributed by atoms with Crippen LogP contribution in [0.3, 0.4) is 0 Å². The number of nitro benzene ring substituents is 1. The zero-order valence-corrected chi connectivity index (χ0v) is 8.86. The molecule has 2 N–H and O–H groups in total. The van der Waals surface area contributed by atoms with Crippen LogP contribution >= 0.6 is 11.6 Å². The van der Waals surface area contributed by atoms with Gasteiger partial charge in [-0.15, -0.1) is 0 Å². The van der Waals surface area contributed by atoms with Crippen molar-refractivity contribution in [1.82, 2.24) is 0 Å². The lowest BCUT2D eigenvalue weighted by Crippen LogP contribution is -2.16. The maximum absolute atomic E-state index is 10.6. The standard InChI is InChI=1S/C9H11ClN2O3/c1-6(13)5-11-8-4-7(10)2-3-9(8)12(14)15/h2-4,6,11,13H,5H2,1H3. The number of hydrogen-bond donors (Lipinski definition) is 2. The van der Waals surface area contributed by atoms with E-state index in [1.165, 1.54) is 18.2 Å². The van der Waals surface area contributed by atoms with E-state index in [1.807, 2.05) is 0 Å². The van der Waals surface area contributed by atoms with Gasteiger partial charge in [-0.3, -0.25) is 10.1 Å². The van der Waals surface area contributed by atoms with Crippen LogP contribution in [0.5, 0.6) is 0 Å². The molecule has 1 rings (SSSR count). The molecule has 1 unspecified atom stereocenters. The fourth-order valence-electron chi connectivity index (χ4n) is 1.07. The molecule has 0 aliphatic carbocycles. The number of anilines is 1. The summed E-state index contributed by atoms with van der Waals surface area (Å²) in [6.45, 7) is 1.82. The number of aliphatic hydroxyl groups excluding tert-OH is 1. The quantitative estimate of drug-likeness (QED) is 0.613. The van der Waals surface area contributed by atoms with E-state index in [-0.39, 0.29) is 12.2 Å². The summed E-state index contributed by atoms with van der Waals surface area (Å²) in [5.41, 5.74) is 0.258. The van der Waals surface area contributed by atoms with E-state index in [9.17, 15) is 10.1 Å². The summed E-state index contributed by atoms with van der Waals surface area (Å²) in [6.07, 6.45) is -0.580. The van der Waals surface area contributed by atoms with Crippen LogP contribution < -0.4 is 5.32 Å². The number of aliphatic hydroxyl groups is 1. The molecule has 5 nitrogen and oxygen atoms in total. The normalized spacial score (nSPS) is 12.2. The first-order valence-electron chi connectivity index (χ1n) is 4.36. The average molecular weight is 231 g/mol. The van der Waals surface area contributed by atoms with Crippen LogP contribution in [0.4, 0.5) is 11.4 Å². The smallest absolute Gasteiger partial charge is 0.292 e. The fraction of sp³-hybridized carbons (Fsp3) is 0.333. The second kappa shape index (κ2) is 4.95. The van der Waals surface area contributed by atoms with Crippen molar-refractivity contribution in [2.45, 2.75) is 13.0 Å². The van der Waals surface area contributed by atoms with Crippen molar-refractivity contribution in [1.29, 1.82) is 0 Å². The molecule has 0 fully saturated rings. The highest BCUT2D eigenvalue weighted by Crippen LogP contribution is 2.27. The topological polar surface area (TPSA) is 75.4 Å². The first kappa shape index (κ1) is 11.7. The van der Waals surface area contributed by atoms with Gasteiger partial charge < -0.3 is 10.4 Å². The Balaban J connectivity index is 2.92. The summed E-state index contributed by atoms with van der Waals surface area (Å²) in [5, 5.41) is 22.9. The Morgan fingerprint density at radius 3 is 2.87 bits per heavy atom. The molecule has 0 heterocycles. The third-order valence-corrected chi connectivity index (χ3v) is 1.98. The summed E-state index contributed by atoms with van der Waals surface area (Å²) < 4.78 is 0. The van der Waals surface area contributed by atoms with Gasteiger partial charge in [-0.05, 0) is 19.1 Å². The molecule has 82 valence electrons. The molecule has 1 atom stereocenters. The summed E-state index contributed by atoms with van der Waals surface area (Å²) in [4.78, 5) is 10.1. The van der Waals surface area contributed by atoms with Crippen LogP contribution in [0.25, 0.3) is 0 Å². The van der Waals surface area contributed by atoms with Gasteiger partial charge >= 0.3 is 0 Å². The van der Waals surface area contributed by atoms with E-state index in [4.69, 9.17) is 16.7 Å². The van der Waals surface area contributed by atoms with E-state index in [2.05, 4.69) is 5.32 Å². The molecule has 0 saturated carbocycles. The number of nitrogens with zero attached hydrogens (tertiary/aromatic N) is 1. The lowest BCUT2D eigenvalue weighted by Gasteiger charge is -2.08. The monoisotopic (exact) mass is 230 g/mol. The van der Waals surface area contributed by atoms with E-state index in [0.717, 1.165) is 0 Å². The summed E-state index contributed by atoms with van der Waals surface area (Å²) >= 11 is 5.71. The first-order valence-corrected chi connectivity index (χ1v) is 4.74. The predicted octanol–water partition coefficient (Wildman–Crippen LogP) is 2.04. The Hall–Kier alpha value is -1.33. The van der Waals surface area contributed by atoms with Crippen molar-refractivity contribution in [2.75, 3.05) is 11.9 Å². The van der Waals surface area contributed by atoms with Crippen LogP contribution in [0.2, 0.25) is 5.02 Å². The Morgan fingerprint density at radius 2 is 2.33 bits per heavy atom. The Kier molecular flexibility index (Phi) is 3.88. The molecular weight excluding hydrogens is 220 g/mol. The SMILES string of the molecule is CC(O)CNc1cc(Cl)ccc1[N+](=O)[O-]. The van der Waals surface area contributed by atoms with Crippen molar-refractivity contribution in [3.05, 3.63) is 33.3 Å². The molecule has 0 saturated heterocycles. The minimum atomic E-state index is -0.580. The van der Waals surface area contributed by atoms with Crippen LogP contribution in [0, 0.1) is 10.1 Å².